The van der Waals surface area contributed by atoms with E-state index in [4.69, 9.17) is 9.15 Å². The van der Waals surface area contributed by atoms with Gasteiger partial charge < -0.3 is 14.5 Å². The third-order valence-electron chi connectivity index (χ3n) is 4.97. The van der Waals surface area contributed by atoms with Crippen molar-refractivity contribution in [3.8, 4) is 17.2 Å². The van der Waals surface area contributed by atoms with Crippen LogP contribution < -0.4 is 10.1 Å². The van der Waals surface area contributed by atoms with Crippen molar-refractivity contribution >= 4 is 22.7 Å². The molecular weight excluding hydrogens is 376 g/mol. The zero-order valence-electron chi connectivity index (χ0n) is 17.1. The quantitative estimate of drug-likeness (QED) is 0.373. The molecule has 1 heterocycles. The molecule has 4 aromatic rings. The number of hydrogen-bond donors (Lipinski definition) is 1. The minimum Gasteiger partial charge on any atom is -0.494 e. The molecule has 1 N–H and O–H groups in total. The van der Waals surface area contributed by atoms with Crippen LogP contribution in [0.1, 0.15) is 35.7 Å². The van der Waals surface area contributed by atoms with Gasteiger partial charge in [-0.2, -0.15) is 0 Å². The van der Waals surface area contributed by atoms with E-state index in [2.05, 4.69) is 17.2 Å². The van der Waals surface area contributed by atoms with Gasteiger partial charge in [0.25, 0.3) is 5.91 Å². The van der Waals surface area contributed by atoms with Gasteiger partial charge in [-0.25, -0.2) is 4.98 Å². The highest BCUT2D eigenvalue weighted by Gasteiger charge is 2.15. The van der Waals surface area contributed by atoms with Crippen LogP contribution in [0.2, 0.25) is 0 Å². The highest BCUT2D eigenvalue weighted by molar-refractivity contribution is 6.05. The van der Waals surface area contributed by atoms with E-state index >= 15 is 0 Å². The monoisotopic (exact) mass is 400 g/mol. The van der Waals surface area contributed by atoms with Crippen LogP contribution in [0.5, 0.6) is 5.75 Å². The SMILES string of the molecule is CCCCOc1cccc(C(=O)Nc2cccc(-c3nc4ccccc4o3)c2C)c1. The van der Waals surface area contributed by atoms with Gasteiger partial charge in [0.2, 0.25) is 5.89 Å². The highest BCUT2D eigenvalue weighted by Crippen LogP contribution is 2.30. The largest absolute Gasteiger partial charge is 0.494 e. The van der Waals surface area contributed by atoms with Crippen LogP contribution in [-0.2, 0) is 0 Å². The molecule has 0 unspecified atom stereocenters. The number of amides is 1. The second-order valence-electron chi connectivity index (χ2n) is 7.15. The Morgan fingerprint density at radius 3 is 2.73 bits per heavy atom. The number of fused-ring (bicyclic) bond motifs is 1. The Hall–Kier alpha value is -3.60. The zero-order chi connectivity index (χ0) is 20.9. The van der Waals surface area contributed by atoms with Crippen LogP contribution >= 0.6 is 0 Å². The van der Waals surface area contributed by atoms with Gasteiger partial charge in [0, 0.05) is 16.8 Å². The molecule has 0 saturated carbocycles. The van der Waals surface area contributed by atoms with Crippen LogP contribution in [0.25, 0.3) is 22.6 Å². The number of anilines is 1. The average molecular weight is 400 g/mol. The van der Waals surface area contributed by atoms with Gasteiger partial charge in [0.1, 0.15) is 11.3 Å². The normalized spacial score (nSPS) is 10.9. The summed E-state index contributed by atoms with van der Waals surface area (Å²) in [6.07, 6.45) is 2.05. The molecule has 1 amide bonds. The Labute approximate surface area is 175 Å². The standard InChI is InChI=1S/C25H24N2O3/c1-3-4-15-29-19-10-7-9-18(16-19)24(28)26-21-13-8-11-20(17(21)2)25-27-22-12-5-6-14-23(22)30-25/h5-14,16H,3-4,15H2,1-2H3,(H,26,28). The lowest BCUT2D eigenvalue weighted by molar-refractivity contribution is 0.102. The van der Waals surface area contributed by atoms with Gasteiger partial charge in [-0.1, -0.05) is 37.6 Å². The minimum absolute atomic E-state index is 0.186. The Balaban J connectivity index is 1.56. The van der Waals surface area contributed by atoms with Crippen molar-refractivity contribution in [2.45, 2.75) is 26.7 Å². The maximum Gasteiger partial charge on any atom is 0.255 e. The summed E-state index contributed by atoms with van der Waals surface area (Å²) < 4.78 is 11.6. The number of carbonyl (C=O) groups excluding carboxylic acids is 1. The van der Waals surface area contributed by atoms with E-state index in [9.17, 15) is 4.79 Å². The number of oxazole rings is 1. The number of para-hydroxylation sites is 2. The molecule has 4 rings (SSSR count). The lowest BCUT2D eigenvalue weighted by Gasteiger charge is -2.12. The predicted octanol–water partition coefficient (Wildman–Crippen LogP) is 6.23. The number of ether oxygens (including phenoxy) is 1. The van der Waals surface area contributed by atoms with Crippen LogP contribution in [0, 0.1) is 6.92 Å². The van der Waals surface area contributed by atoms with Gasteiger partial charge in [-0.05, 0) is 61.4 Å². The number of nitrogens with zero attached hydrogens (tertiary/aromatic N) is 1. The number of aromatic nitrogens is 1. The van der Waals surface area contributed by atoms with Crippen molar-refractivity contribution in [1.82, 2.24) is 4.98 Å². The second-order valence-corrected chi connectivity index (χ2v) is 7.15. The maximum atomic E-state index is 12.8. The second kappa shape index (κ2) is 8.82. The van der Waals surface area contributed by atoms with E-state index in [0.29, 0.717) is 23.8 Å². The van der Waals surface area contributed by atoms with E-state index in [1.807, 2.05) is 61.5 Å². The van der Waals surface area contributed by atoms with Crippen LogP contribution in [0.3, 0.4) is 0 Å². The van der Waals surface area contributed by atoms with Gasteiger partial charge in [-0.15, -0.1) is 0 Å². The first kappa shape index (κ1) is 19.7. The lowest BCUT2D eigenvalue weighted by Crippen LogP contribution is -2.13. The lowest BCUT2D eigenvalue weighted by atomic mass is 10.1. The molecule has 1 aromatic heterocycles. The first-order valence-corrected chi connectivity index (χ1v) is 10.2. The zero-order valence-corrected chi connectivity index (χ0v) is 17.1. The maximum absolute atomic E-state index is 12.8. The van der Waals surface area contributed by atoms with Gasteiger partial charge >= 0.3 is 0 Å². The molecule has 30 heavy (non-hydrogen) atoms. The summed E-state index contributed by atoms with van der Waals surface area (Å²) >= 11 is 0. The van der Waals surface area contributed by atoms with E-state index in [0.717, 1.165) is 40.8 Å². The average Bonchev–Trinajstić information content (AvgIpc) is 3.19. The topological polar surface area (TPSA) is 64.4 Å². The minimum atomic E-state index is -0.186. The number of unbranched alkanes of at least 4 members (excludes halogenated alkanes) is 1. The first-order chi connectivity index (χ1) is 14.7. The number of carbonyl (C=O) groups is 1. The summed E-state index contributed by atoms with van der Waals surface area (Å²) in [7, 11) is 0. The molecule has 0 aliphatic carbocycles. The Bertz CT molecular complexity index is 1150. The molecule has 0 aliphatic heterocycles. The van der Waals surface area contributed by atoms with Crippen molar-refractivity contribution in [3.63, 3.8) is 0 Å². The number of rotatable bonds is 7. The third-order valence-corrected chi connectivity index (χ3v) is 4.97. The Morgan fingerprint density at radius 2 is 1.90 bits per heavy atom. The van der Waals surface area contributed by atoms with Crippen LogP contribution in [-0.4, -0.2) is 17.5 Å². The summed E-state index contributed by atoms with van der Waals surface area (Å²) in [5.74, 6) is 1.05. The van der Waals surface area contributed by atoms with Crippen molar-refractivity contribution in [2.24, 2.45) is 0 Å². The number of benzene rings is 3. The summed E-state index contributed by atoms with van der Waals surface area (Å²) in [5.41, 5.74) is 4.56. The molecule has 0 atom stereocenters. The van der Waals surface area contributed by atoms with Gasteiger partial charge in [0.15, 0.2) is 5.58 Å². The fourth-order valence-electron chi connectivity index (χ4n) is 3.25. The molecule has 0 saturated heterocycles. The molecule has 0 bridgehead atoms. The summed E-state index contributed by atoms with van der Waals surface area (Å²) in [5, 5.41) is 3.00. The Kier molecular flexibility index (Phi) is 5.80. The number of hydrogen-bond acceptors (Lipinski definition) is 4. The van der Waals surface area contributed by atoms with Crippen LogP contribution in [0.4, 0.5) is 5.69 Å². The predicted molar refractivity (Wildman–Crippen MR) is 119 cm³/mol. The van der Waals surface area contributed by atoms with Gasteiger partial charge in [-0.3, -0.25) is 4.79 Å². The summed E-state index contributed by atoms with van der Waals surface area (Å²) in [4.78, 5) is 17.4. The van der Waals surface area contributed by atoms with Crippen molar-refractivity contribution < 1.29 is 13.9 Å². The van der Waals surface area contributed by atoms with E-state index in [1.54, 1.807) is 12.1 Å². The third kappa shape index (κ3) is 4.20. The summed E-state index contributed by atoms with van der Waals surface area (Å²) in [6.45, 7) is 4.71. The van der Waals surface area contributed by atoms with E-state index in [-0.39, 0.29) is 5.91 Å². The van der Waals surface area contributed by atoms with Crippen molar-refractivity contribution in [3.05, 3.63) is 77.9 Å². The Morgan fingerprint density at radius 1 is 1.07 bits per heavy atom. The molecule has 0 fully saturated rings. The number of nitrogens with one attached hydrogen (secondary N) is 1. The molecule has 0 radical (unpaired) electrons. The molecular formula is C25H24N2O3. The van der Waals surface area contributed by atoms with Crippen molar-refractivity contribution in [2.75, 3.05) is 11.9 Å². The van der Waals surface area contributed by atoms with Crippen molar-refractivity contribution in [1.29, 1.82) is 0 Å². The highest BCUT2D eigenvalue weighted by atomic mass is 16.5. The fourth-order valence-corrected chi connectivity index (χ4v) is 3.25. The van der Waals surface area contributed by atoms with E-state index < -0.39 is 0 Å². The molecule has 0 spiro atoms. The fraction of sp³-hybridized carbons (Fsp3) is 0.200. The summed E-state index contributed by atoms with van der Waals surface area (Å²) in [6, 6.07) is 20.6. The van der Waals surface area contributed by atoms with Crippen LogP contribution in [0.15, 0.2) is 71.1 Å². The first-order valence-electron chi connectivity index (χ1n) is 10.2. The molecule has 5 nitrogen and oxygen atoms in total. The molecule has 0 aliphatic rings. The van der Waals surface area contributed by atoms with E-state index in [1.165, 1.54) is 0 Å². The molecule has 152 valence electrons. The molecule has 5 heteroatoms. The molecule has 3 aromatic carbocycles. The van der Waals surface area contributed by atoms with Gasteiger partial charge in [0.05, 0.1) is 6.61 Å². The smallest absolute Gasteiger partial charge is 0.255 e.